The van der Waals surface area contributed by atoms with Gasteiger partial charge in [-0.05, 0) is 24.7 Å². The maximum Gasteiger partial charge on any atom is 0.180 e. The molecular weight excluding hydrogens is 168 g/mol. The Bertz CT molecular complexity index is 297. The lowest BCUT2D eigenvalue weighted by Gasteiger charge is -1.96. The zero-order valence-corrected chi connectivity index (χ0v) is 7.68. The topological polar surface area (TPSA) is 38.9 Å². The molecule has 12 heavy (non-hydrogen) atoms. The monoisotopic (exact) mass is 180 g/mol. The van der Waals surface area contributed by atoms with Gasteiger partial charge in [-0.15, -0.1) is 11.3 Å². The van der Waals surface area contributed by atoms with Crippen LogP contribution >= 0.6 is 11.3 Å². The summed E-state index contributed by atoms with van der Waals surface area (Å²) in [5.74, 6) is 2.71. The first-order chi connectivity index (χ1) is 5.86. The minimum atomic E-state index is 0.731. The van der Waals surface area contributed by atoms with Crippen LogP contribution in [0.15, 0.2) is 5.38 Å². The van der Waals surface area contributed by atoms with Gasteiger partial charge in [0.1, 0.15) is 0 Å². The van der Waals surface area contributed by atoms with E-state index in [1.54, 1.807) is 11.3 Å². The molecule has 0 bridgehead atoms. The summed E-state index contributed by atoms with van der Waals surface area (Å²) in [4.78, 5) is 4.35. The van der Waals surface area contributed by atoms with E-state index in [9.17, 15) is 0 Å². The lowest BCUT2D eigenvalue weighted by atomic mass is 10.1. The zero-order chi connectivity index (χ0) is 8.13. The minimum Gasteiger partial charge on any atom is -0.375 e. The van der Waals surface area contributed by atoms with E-state index in [4.69, 9.17) is 5.73 Å². The Balaban J connectivity index is 1.84. The molecule has 3 rings (SSSR count). The Morgan fingerprint density at radius 3 is 2.75 bits per heavy atom. The molecule has 1 heterocycles. The summed E-state index contributed by atoms with van der Waals surface area (Å²) >= 11 is 1.58. The predicted molar refractivity (Wildman–Crippen MR) is 50.1 cm³/mol. The molecule has 0 amide bonds. The van der Waals surface area contributed by atoms with Crippen molar-refractivity contribution in [1.29, 1.82) is 0 Å². The van der Waals surface area contributed by atoms with Gasteiger partial charge >= 0.3 is 0 Å². The van der Waals surface area contributed by atoms with Gasteiger partial charge in [0.15, 0.2) is 5.13 Å². The van der Waals surface area contributed by atoms with E-state index in [1.165, 1.54) is 25.0 Å². The molecule has 2 unspecified atom stereocenters. The molecule has 2 aliphatic rings. The van der Waals surface area contributed by atoms with Gasteiger partial charge < -0.3 is 5.73 Å². The molecule has 0 spiro atoms. The first kappa shape index (κ1) is 6.89. The molecular formula is C9H12N2S. The van der Waals surface area contributed by atoms with Crippen molar-refractivity contribution in [3.8, 4) is 0 Å². The summed E-state index contributed by atoms with van der Waals surface area (Å²) in [6, 6.07) is 0. The predicted octanol–water partition coefficient (Wildman–Crippen LogP) is 2.24. The van der Waals surface area contributed by atoms with E-state index in [2.05, 4.69) is 10.4 Å². The highest BCUT2D eigenvalue weighted by atomic mass is 32.1. The van der Waals surface area contributed by atoms with Crippen LogP contribution in [-0.2, 0) is 0 Å². The van der Waals surface area contributed by atoms with Crippen LogP contribution in [-0.4, -0.2) is 4.98 Å². The molecule has 64 valence electrons. The third-order valence-electron chi connectivity index (χ3n) is 3.29. The number of thiazole rings is 1. The average molecular weight is 180 g/mol. The van der Waals surface area contributed by atoms with Crippen molar-refractivity contribution in [2.24, 2.45) is 11.8 Å². The Morgan fingerprint density at radius 2 is 2.17 bits per heavy atom. The summed E-state index contributed by atoms with van der Waals surface area (Å²) in [6.07, 6.45) is 4.28. The lowest BCUT2D eigenvalue weighted by molar-refractivity contribution is 0.674. The maximum atomic E-state index is 5.60. The highest BCUT2D eigenvalue weighted by molar-refractivity contribution is 7.13. The number of anilines is 1. The molecule has 1 aromatic rings. The fraction of sp³-hybridized carbons (Fsp3) is 0.667. The number of nitrogens with zero attached hydrogens (tertiary/aromatic N) is 1. The molecule has 0 aromatic carbocycles. The first-order valence-electron chi connectivity index (χ1n) is 4.57. The smallest absolute Gasteiger partial charge is 0.180 e. The van der Waals surface area contributed by atoms with E-state index in [-0.39, 0.29) is 0 Å². The molecule has 2 nitrogen and oxygen atoms in total. The van der Waals surface area contributed by atoms with E-state index in [0.29, 0.717) is 0 Å². The van der Waals surface area contributed by atoms with Gasteiger partial charge in [0, 0.05) is 11.3 Å². The van der Waals surface area contributed by atoms with Gasteiger partial charge in [-0.2, -0.15) is 0 Å². The van der Waals surface area contributed by atoms with Crippen LogP contribution in [0.25, 0.3) is 0 Å². The van der Waals surface area contributed by atoms with Crippen molar-refractivity contribution in [2.75, 3.05) is 5.73 Å². The normalized spacial score (nSPS) is 38.2. The summed E-state index contributed by atoms with van der Waals surface area (Å²) in [7, 11) is 0. The standard InChI is InChI=1S/C9H12N2S/c10-9-11-7(4-12-9)8-5-2-1-3-6(5)8/h4-6,8H,1-3H2,(H2,10,11). The zero-order valence-electron chi connectivity index (χ0n) is 6.86. The molecule has 2 atom stereocenters. The molecule has 2 aliphatic carbocycles. The molecule has 0 aliphatic heterocycles. The molecule has 2 N–H and O–H groups in total. The van der Waals surface area contributed by atoms with Crippen molar-refractivity contribution < 1.29 is 0 Å². The fourth-order valence-electron chi connectivity index (χ4n) is 2.71. The molecule has 2 saturated carbocycles. The van der Waals surface area contributed by atoms with Crippen LogP contribution in [0.4, 0.5) is 5.13 Å². The highest BCUT2D eigenvalue weighted by Crippen LogP contribution is 2.62. The molecule has 0 radical (unpaired) electrons. The quantitative estimate of drug-likeness (QED) is 0.719. The van der Waals surface area contributed by atoms with Crippen LogP contribution in [0.1, 0.15) is 30.9 Å². The van der Waals surface area contributed by atoms with Gasteiger partial charge in [-0.3, -0.25) is 0 Å². The third kappa shape index (κ3) is 0.829. The summed E-state index contributed by atoms with van der Waals surface area (Å²) < 4.78 is 0. The highest BCUT2D eigenvalue weighted by Gasteiger charge is 2.54. The van der Waals surface area contributed by atoms with Crippen LogP contribution in [0.2, 0.25) is 0 Å². The minimum absolute atomic E-state index is 0.731. The summed E-state index contributed by atoms with van der Waals surface area (Å²) in [6.45, 7) is 0. The first-order valence-corrected chi connectivity index (χ1v) is 5.45. The number of nitrogen functional groups attached to an aromatic ring is 1. The molecule has 0 saturated heterocycles. The van der Waals surface area contributed by atoms with Gasteiger partial charge in [-0.1, -0.05) is 6.42 Å². The average Bonchev–Trinajstić information content (AvgIpc) is 2.55. The summed E-state index contributed by atoms with van der Waals surface area (Å²) in [5.41, 5.74) is 6.87. The van der Waals surface area contributed by atoms with Crippen LogP contribution in [0.5, 0.6) is 0 Å². The molecule has 2 fully saturated rings. The second kappa shape index (κ2) is 2.22. The van der Waals surface area contributed by atoms with Crippen molar-refractivity contribution in [3.63, 3.8) is 0 Å². The van der Waals surface area contributed by atoms with Crippen molar-refractivity contribution in [2.45, 2.75) is 25.2 Å². The van der Waals surface area contributed by atoms with Crippen molar-refractivity contribution >= 4 is 16.5 Å². The SMILES string of the molecule is Nc1nc(C2C3CCCC32)cs1. The van der Waals surface area contributed by atoms with E-state index < -0.39 is 0 Å². The van der Waals surface area contributed by atoms with Gasteiger partial charge in [0.25, 0.3) is 0 Å². The van der Waals surface area contributed by atoms with Crippen molar-refractivity contribution in [1.82, 2.24) is 4.98 Å². The molecule has 1 aromatic heterocycles. The Morgan fingerprint density at radius 1 is 1.42 bits per heavy atom. The van der Waals surface area contributed by atoms with Crippen LogP contribution < -0.4 is 5.73 Å². The van der Waals surface area contributed by atoms with E-state index >= 15 is 0 Å². The Kier molecular flexibility index (Phi) is 1.28. The molecule has 3 heteroatoms. The van der Waals surface area contributed by atoms with Crippen molar-refractivity contribution in [3.05, 3.63) is 11.1 Å². The number of fused-ring (bicyclic) bond motifs is 1. The lowest BCUT2D eigenvalue weighted by Crippen LogP contribution is -1.89. The van der Waals surface area contributed by atoms with E-state index in [0.717, 1.165) is 22.9 Å². The third-order valence-corrected chi connectivity index (χ3v) is 3.98. The second-order valence-corrected chi connectivity index (χ2v) is 4.78. The van der Waals surface area contributed by atoms with E-state index in [1.807, 2.05) is 0 Å². The number of rotatable bonds is 1. The van der Waals surface area contributed by atoms with Crippen LogP contribution in [0.3, 0.4) is 0 Å². The summed E-state index contributed by atoms with van der Waals surface area (Å²) in [5, 5.41) is 2.87. The van der Waals surface area contributed by atoms with Crippen LogP contribution in [0, 0.1) is 11.8 Å². The number of hydrogen-bond acceptors (Lipinski definition) is 3. The number of hydrogen-bond donors (Lipinski definition) is 1. The Hall–Kier alpha value is -0.570. The number of aromatic nitrogens is 1. The largest absolute Gasteiger partial charge is 0.375 e. The second-order valence-electron chi connectivity index (χ2n) is 3.90. The van der Waals surface area contributed by atoms with Gasteiger partial charge in [0.2, 0.25) is 0 Å². The Labute approximate surface area is 75.8 Å². The van der Waals surface area contributed by atoms with Gasteiger partial charge in [0.05, 0.1) is 5.69 Å². The number of nitrogens with two attached hydrogens (primary N) is 1. The fourth-order valence-corrected chi connectivity index (χ4v) is 3.32. The van der Waals surface area contributed by atoms with Gasteiger partial charge in [-0.25, -0.2) is 4.98 Å². The maximum absolute atomic E-state index is 5.60.